The van der Waals surface area contributed by atoms with Gasteiger partial charge in [-0.1, -0.05) is 6.92 Å². The van der Waals surface area contributed by atoms with Crippen molar-refractivity contribution < 1.29 is 9.15 Å². The van der Waals surface area contributed by atoms with Crippen LogP contribution < -0.4 is 15.2 Å². The van der Waals surface area contributed by atoms with Crippen LogP contribution in [0.25, 0.3) is 0 Å². The van der Waals surface area contributed by atoms with Gasteiger partial charge >= 0.3 is 0 Å². The highest BCUT2D eigenvalue weighted by Crippen LogP contribution is 2.29. The lowest BCUT2D eigenvalue weighted by Gasteiger charge is -2.38. The molecule has 0 unspecified atom stereocenters. The molecule has 0 bridgehead atoms. The molecule has 152 valence electrons. The molecule has 0 saturated heterocycles. The van der Waals surface area contributed by atoms with Gasteiger partial charge in [-0.2, -0.15) is 0 Å². The molecule has 29 heavy (non-hydrogen) atoms. The minimum Gasteiger partial charge on any atom is -0.494 e. The summed E-state index contributed by atoms with van der Waals surface area (Å²) in [6, 6.07) is 11.7. The number of aromatic nitrogens is 2. The third kappa shape index (κ3) is 3.78. The van der Waals surface area contributed by atoms with Gasteiger partial charge in [0.15, 0.2) is 0 Å². The Morgan fingerprint density at radius 2 is 1.93 bits per heavy atom. The number of hydrogen-bond acceptors (Lipinski definition) is 6. The Morgan fingerprint density at radius 1 is 1.14 bits per heavy atom. The number of anilines is 2. The Bertz CT molecular complexity index is 1030. The van der Waals surface area contributed by atoms with E-state index in [1.54, 1.807) is 10.8 Å². The number of benzene rings is 1. The number of hydrogen-bond donors (Lipinski definition) is 0. The highest BCUT2D eigenvalue weighted by molar-refractivity contribution is 5.59. The van der Waals surface area contributed by atoms with Gasteiger partial charge in [0, 0.05) is 16.9 Å². The number of fused-ring (bicyclic) bond motifs is 1. The molecule has 0 fully saturated rings. The fraction of sp³-hybridized carbons (Fsp3) is 0.364. The lowest BCUT2D eigenvalue weighted by molar-refractivity contribution is 0.176. The lowest BCUT2D eigenvalue weighted by atomic mass is 10.2. The Hall–Kier alpha value is -3.06. The predicted octanol–water partition coefficient (Wildman–Crippen LogP) is 3.67. The van der Waals surface area contributed by atoms with Gasteiger partial charge in [0.2, 0.25) is 5.95 Å². The summed E-state index contributed by atoms with van der Waals surface area (Å²) in [5.74, 6) is 2.36. The Balaban J connectivity index is 1.75. The minimum absolute atomic E-state index is 0.0232. The normalized spacial score (nSPS) is 14.1. The maximum Gasteiger partial charge on any atom is 0.259 e. The van der Waals surface area contributed by atoms with Crippen molar-refractivity contribution in [2.45, 2.75) is 40.4 Å². The summed E-state index contributed by atoms with van der Waals surface area (Å²) in [6.07, 6.45) is 2.34. The largest absolute Gasteiger partial charge is 0.494 e. The van der Waals surface area contributed by atoms with Crippen LogP contribution in [0.3, 0.4) is 0 Å². The van der Waals surface area contributed by atoms with Gasteiger partial charge < -0.3 is 9.15 Å². The van der Waals surface area contributed by atoms with Crippen LogP contribution in [-0.4, -0.2) is 27.7 Å². The highest BCUT2D eigenvalue weighted by atomic mass is 16.5. The third-order valence-corrected chi connectivity index (χ3v) is 5.15. The van der Waals surface area contributed by atoms with Crippen molar-refractivity contribution in [3.05, 3.63) is 70.0 Å². The maximum atomic E-state index is 13.2. The van der Waals surface area contributed by atoms with Gasteiger partial charge in [0.1, 0.15) is 11.5 Å². The van der Waals surface area contributed by atoms with Crippen LogP contribution >= 0.6 is 0 Å². The van der Waals surface area contributed by atoms with Crippen LogP contribution in [0.2, 0.25) is 0 Å². The second-order valence-corrected chi connectivity index (χ2v) is 7.11. The quantitative estimate of drug-likeness (QED) is 0.636. The van der Waals surface area contributed by atoms with E-state index < -0.39 is 0 Å². The van der Waals surface area contributed by atoms with Gasteiger partial charge in [-0.25, -0.2) is 4.98 Å². The van der Waals surface area contributed by atoms with Gasteiger partial charge in [0.25, 0.3) is 5.56 Å². The molecule has 1 aliphatic heterocycles. The van der Waals surface area contributed by atoms with E-state index in [-0.39, 0.29) is 5.56 Å². The van der Waals surface area contributed by atoms with Gasteiger partial charge in [-0.05, 0) is 56.7 Å². The number of ether oxygens (including phenoxy) is 1. The molecule has 0 spiro atoms. The fourth-order valence-corrected chi connectivity index (χ4v) is 3.74. The zero-order valence-corrected chi connectivity index (χ0v) is 17.1. The number of rotatable bonds is 6. The van der Waals surface area contributed by atoms with E-state index in [0.29, 0.717) is 38.9 Å². The number of nitrogens with zero attached hydrogens (tertiary/aromatic N) is 4. The van der Waals surface area contributed by atoms with Crippen LogP contribution in [-0.2, 0) is 19.6 Å². The maximum absolute atomic E-state index is 13.2. The van der Waals surface area contributed by atoms with E-state index in [1.807, 2.05) is 57.2 Å². The summed E-state index contributed by atoms with van der Waals surface area (Å²) in [4.78, 5) is 22.2. The van der Waals surface area contributed by atoms with E-state index >= 15 is 0 Å². The van der Waals surface area contributed by atoms with Crippen LogP contribution in [0.15, 0.2) is 51.9 Å². The van der Waals surface area contributed by atoms with Crippen molar-refractivity contribution in [1.29, 1.82) is 0 Å². The van der Waals surface area contributed by atoms with Crippen molar-refractivity contribution in [1.82, 2.24) is 14.5 Å². The van der Waals surface area contributed by atoms with Crippen LogP contribution in [0.1, 0.15) is 30.9 Å². The third-order valence-electron chi connectivity index (χ3n) is 5.15. The minimum atomic E-state index is 0.0232. The van der Waals surface area contributed by atoms with Crippen LogP contribution in [0, 0.1) is 6.92 Å². The van der Waals surface area contributed by atoms with Gasteiger partial charge in [-0.15, -0.1) is 0 Å². The molecular weight excluding hydrogens is 368 g/mol. The topological polar surface area (TPSA) is 63.7 Å². The number of aryl methyl sites for hydroxylation is 1. The summed E-state index contributed by atoms with van der Waals surface area (Å²) < 4.78 is 12.8. The Kier molecular flexibility index (Phi) is 5.40. The van der Waals surface area contributed by atoms with E-state index in [0.717, 1.165) is 28.5 Å². The average Bonchev–Trinajstić information content (AvgIpc) is 3.22. The van der Waals surface area contributed by atoms with E-state index in [4.69, 9.17) is 14.1 Å². The molecule has 3 aromatic rings. The molecule has 7 nitrogen and oxygen atoms in total. The molecule has 0 atom stereocenters. The first-order valence-electron chi connectivity index (χ1n) is 9.96. The Labute approximate surface area is 170 Å². The van der Waals surface area contributed by atoms with Crippen molar-refractivity contribution in [3.63, 3.8) is 0 Å². The molecule has 4 rings (SSSR count). The number of furan rings is 1. The highest BCUT2D eigenvalue weighted by Gasteiger charge is 2.28. The van der Waals surface area contributed by atoms with E-state index in [2.05, 4.69) is 9.80 Å². The first-order chi connectivity index (χ1) is 14.1. The lowest BCUT2D eigenvalue weighted by Crippen LogP contribution is -2.47. The molecule has 1 aliphatic rings. The summed E-state index contributed by atoms with van der Waals surface area (Å²) in [5, 5.41) is 0. The Morgan fingerprint density at radius 3 is 2.59 bits per heavy atom. The first-order valence-corrected chi connectivity index (χ1v) is 9.96. The average molecular weight is 394 g/mol. The molecular formula is C22H26N4O3. The molecule has 2 aromatic heterocycles. The molecule has 1 aromatic carbocycles. The zero-order chi connectivity index (χ0) is 20.4. The van der Waals surface area contributed by atoms with Crippen LogP contribution in [0.4, 0.5) is 11.6 Å². The fourth-order valence-electron chi connectivity index (χ4n) is 3.74. The molecule has 0 saturated carbocycles. The molecule has 3 heterocycles. The van der Waals surface area contributed by atoms with Crippen molar-refractivity contribution in [3.8, 4) is 5.75 Å². The van der Waals surface area contributed by atoms with Crippen molar-refractivity contribution in [2.24, 2.45) is 0 Å². The second-order valence-electron chi connectivity index (χ2n) is 7.11. The van der Waals surface area contributed by atoms with Crippen molar-refractivity contribution in [2.75, 3.05) is 18.2 Å². The monoisotopic (exact) mass is 394 g/mol. The SMILES string of the molecule is CCOc1ccc(N2CN(Cc3ccco3)Cn3c2nc(C)c(CC)c3=O)cc1. The van der Waals surface area contributed by atoms with Crippen LogP contribution in [0.5, 0.6) is 5.75 Å². The molecule has 0 N–H and O–H groups in total. The molecule has 7 heteroatoms. The van der Waals surface area contributed by atoms with Gasteiger partial charge in [0.05, 0.1) is 32.8 Å². The summed E-state index contributed by atoms with van der Waals surface area (Å²) in [7, 11) is 0. The standard InChI is InChI=1S/C22H26N4O3/c1-4-20-16(3)23-22-25(17-8-10-18(11-9-17)28-5-2)14-24(15-26(22)21(20)27)13-19-7-6-12-29-19/h6-12H,4-5,13-15H2,1-3H3. The van der Waals surface area contributed by atoms with E-state index in [1.165, 1.54) is 0 Å². The molecule has 0 aliphatic carbocycles. The summed E-state index contributed by atoms with van der Waals surface area (Å²) in [5.41, 5.74) is 2.54. The summed E-state index contributed by atoms with van der Waals surface area (Å²) >= 11 is 0. The summed E-state index contributed by atoms with van der Waals surface area (Å²) in [6.45, 7) is 8.18. The zero-order valence-electron chi connectivity index (χ0n) is 17.1. The van der Waals surface area contributed by atoms with E-state index in [9.17, 15) is 4.79 Å². The predicted molar refractivity (Wildman–Crippen MR) is 111 cm³/mol. The smallest absolute Gasteiger partial charge is 0.259 e. The second kappa shape index (κ2) is 8.13. The molecule has 0 amide bonds. The van der Waals surface area contributed by atoms with Crippen molar-refractivity contribution >= 4 is 11.6 Å². The molecule has 0 radical (unpaired) electrons. The first kappa shape index (κ1) is 19.3. The van der Waals surface area contributed by atoms with Gasteiger partial charge in [-0.3, -0.25) is 19.2 Å².